The molecule has 0 spiro atoms. The van der Waals surface area contributed by atoms with Gasteiger partial charge in [0.2, 0.25) is 0 Å². The van der Waals surface area contributed by atoms with Gasteiger partial charge in [-0.15, -0.1) is 0 Å². The second-order valence-corrected chi connectivity index (χ2v) is 2.90. The van der Waals surface area contributed by atoms with E-state index in [-0.39, 0.29) is 5.88 Å². The Kier molecular flexibility index (Phi) is 3.31. The minimum atomic E-state index is 0.0695. The van der Waals surface area contributed by atoms with Gasteiger partial charge in [0.1, 0.15) is 0 Å². The lowest BCUT2D eigenvalue weighted by Gasteiger charge is -2.05. The van der Waals surface area contributed by atoms with Crippen LogP contribution >= 0.6 is 15.9 Å². The lowest BCUT2D eigenvalue weighted by Crippen LogP contribution is -1.97. The predicted molar refractivity (Wildman–Crippen MR) is 46.4 cm³/mol. The van der Waals surface area contributed by atoms with Gasteiger partial charge in [0.15, 0.2) is 5.75 Å². The molecular weight excluding hydrogens is 226 g/mol. The first-order valence-electron chi connectivity index (χ1n) is 3.37. The fourth-order valence-electron chi connectivity index (χ4n) is 0.736. The Hall–Kier alpha value is -0.810. The molecule has 0 saturated heterocycles. The Morgan fingerprint density at radius 3 is 3.00 bits per heavy atom. The van der Waals surface area contributed by atoms with Gasteiger partial charge in [-0.1, -0.05) is 0 Å². The van der Waals surface area contributed by atoms with Gasteiger partial charge < -0.3 is 9.62 Å². The topological polar surface area (TPSA) is 51.6 Å². The monoisotopic (exact) mass is 233 g/mol. The van der Waals surface area contributed by atoms with E-state index in [4.69, 9.17) is 9.99 Å². The van der Waals surface area contributed by atoms with E-state index in [2.05, 4.69) is 25.8 Å². The number of aromatic nitrogens is 1. The Bertz CT molecular complexity index is 267. The molecular formula is C7H8BrNO3. The van der Waals surface area contributed by atoms with Crippen LogP contribution in [0.3, 0.4) is 0 Å². The molecule has 1 aromatic rings. The van der Waals surface area contributed by atoms with E-state index in [1.54, 1.807) is 6.07 Å². The second kappa shape index (κ2) is 4.27. The molecule has 0 aromatic carbocycles. The highest BCUT2D eigenvalue weighted by atomic mass is 79.9. The third-order valence-corrected chi connectivity index (χ3v) is 1.60. The van der Waals surface area contributed by atoms with E-state index in [0.29, 0.717) is 12.4 Å². The van der Waals surface area contributed by atoms with Crippen molar-refractivity contribution >= 4 is 15.9 Å². The zero-order valence-corrected chi connectivity index (χ0v) is 8.04. The van der Waals surface area contributed by atoms with Crippen molar-refractivity contribution in [3.8, 4) is 11.6 Å². The molecule has 0 amide bonds. The largest absolute Gasteiger partial charge is 0.488 e. The van der Waals surface area contributed by atoms with Crippen LogP contribution in [-0.4, -0.2) is 16.8 Å². The van der Waals surface area contributed by atoms with Crippen molar-refractivity contribution < 1.29 is 14.9 Å². The minimum Gasteiger partial charge on any atom is -0.488 e. The van der Waals surface area contributed by atoms with Gasteiger partial charge >= 0.3 is 0 Å². The van der Waals surface area contributed by atoms with Crippen molar-refractivity contribution in [2.45, 2.75) is 6.92 Å². The number of nitrogens with zero attached hydrogens (tertiary/aromatic N) is 1. The van der Waals surface area contributed by atoms with Crippen molar-refractivity contribution in [1.82, 2.24) is 4.98 Å². The van der Waals surface area contributed by atoms with Gasteiger partial charge in [-0.3, -0.25) is 0 Å². The van der Waals surface area contributed by atoms with Gasteiger partial charge in [-0.25, -0.2) is 10.2 Å². The van der Waals surface area contributed by atoms with Gasteiger partial charge in [0.25, 0.3) is 5.88 Å². The Labute approximate surface area is 78.2 Å². The molecule has 0 aliphatic heterocycles. The summed E-state index contributed by atoms with van der Waals surface area (Å²) in [6.45, 7) is 2.33. The lowest BCUT2D eigenvalue weighted by molar-refractivity contribution is -0.143. The maximum absolute atomic E-state index is 8.38. The fraction of sp³-hybridized carbons (Fsp3) is 0.286. The standard InChI is InChI=1S/C7H8BrNO3/c1-2-11-6-3-5(8)4-9-7(6)12-10/h3-4,10H,2H2,1H3. The number of hydrogen-bond acceptors (Lipinski definition) is 4. The van der Waals surface area contributed by atoms with E-state index in [9.17, 15) is 0 Å². The maximum Gasteiger partial charge on any atom is 0.298 e. The van der Waals surface area contributed by atoms with Gasteiger partial charge in [-0.2, -0.15) is 0 Å². The van der Waals surface area contributed by atoms with E-state index < -0.39 is 0 Å². The first kappa shape index (κ1) is 9.28. The number of hydrogen-bond donors (Lipinski definition) is 1. The molecule has 66 valence electrons. The average Bonchev–Trinajstić information content (AvgIpc) is 2.05. The summed E-state index contributed by atoms with van der Waals surface area (Å²) in [5.74, 6) is 0.481. The predicted octanol–water partition coefficient (Wildman–Crippen LogP) is 2.09. The summed E-state index contributed by atoms with van der Waals surface area (Å²) in [6.07, 6.45) is 1.51. The summed E-state index contributed by atoms with van der Waals surface area (Å²) in [6, 6.07) is 1.67. The highest BCUT2D eigenvalue weighted by Gasteiger charge is 2.06. The number of halogens is 1. The molecule has 1 heterocycles. The molecule has 0 aliphatic carbocycles. The van der Waals surface area contributed by atoms with Crippen LogP contribution in [0.25, 0.3) is 0 Å². The summed E-state index contributed by atoms with van der Waals surface area (Å²) in [4.78, 5) is 7.77. The highest BCUT2D eigenvalue weighted by molar-refractivity contribution is 9.10. The smallest absolute Gasteiger partial charge is 0.298 e. The third-order valence-electron chi connectivity index (χ3n) is 1.17. The molecule has 0 fully saturated rings. The number of ether oxygens (including phenoxy) is 1. The van der Waals surface area contributed by atoms with Crippen molar-refractivity contribution in [2.24, 2.45) is 0 Å². The Morgan fingerprint density at radius 1 is 1.67 bits per heavy atom. The van der Waals surface area contributed by atoms with Crippen molar-refractivity contribution in [3.05, 3.63) is 16.7 Å². The summed E-state index contributed by atoms with van der Waals surface area (Å²) in [5, 5.41) is 8.38. The van der Waals surface area contributed by atoms with Crippen LogP contribution in [0.4, 0.5) is 0 Å². The third kappa shape index (κ3) is 2.09. The number of pyridine rings is 1. The van der Waals surface area contributed by atoms with E-state index in [0.717, 1.165) is 4.47 Å². The first-order chi connectivity index (χ1) is 5.77. The van der Waals surface area contributed by atoms with Crippen molar-refractivity contribution in [2.75, 3.05) is 6.61 Å². The van der Waals surface area contributed by atoms with Crippen LogP contribution < -0.4 is 9.62 Å². The number of rotatable bonds is 3. The zero-order valence-electron chi connectivity index (χ0n) is 6.45. The molecule has 5 heteroatoms. The normalized spacial score (nSPS) is 9.58. The maximum atomic E-state index is 8.38. The van der Waals surface area contributed by atoms with E-state index >= 15 is 0 Å². The highest BCUT2D eigenvalue weighted by Crippen LogP contribution is 2.26. The molecule has 12 heavy (non-hydrogen) atoms. The minimum absolute atomic E-state index is 0.0695. The molecule has 0 unspecified atom stereocenters. The summed E-state index contributed by atoms with van der Waals surface area (Å²) in [5.41, 5.74) is 0. The SMILES string of the molecule is CCOc1cc(Br)cnc1OO. The summed E-state index contributed by atoms with van der Waals surface area (Å²) in [7, 11) is 0. The van der Waals surface area contributed by atoms with Crippen molar-refractivity contribution in [3.63, 3.8) is 0 Å². The van der Waals surface area contributed by atoms with Crippen LogP contribution in [0.2, 0.25) is 0 Å². The lowest BCUT2D eigenvalue weighted by atomic mass is 10.4. The molecule has 0 aliphatic rings. The van der Waals surface area contributed by atoms with Gasteiger partial charge in [0, 0.05) is 16.7 Å². The van der Waals surface area contributed by atoms with Crippen LogP contribution in [0.1, 0.15) is 6.92 Å². The van der Waals surface area contributed by atoms with Crippen LogP contribution in [-0.2, 0) is 0 Å². The summed E-state index contributed by atoms with van der Waals surface area (Å²) < 4.78 is 5.90. The molecule has 1 aromatic heterocycles. The molecule has 4 nitrogen and oxygen atoms in total. The van der Waals surface area contributed by atoms with Crippen LogP contribution in [0, 0.1) is 0 Å². The Balaban J connectivity index is 2.95. The fourth-order valence-corrected chi connectivity index (χ4v) is 1.05. The molecule has 1 N–H and O–H groups in total. The first-order valence-corrected chi connectivity index (χ1v) is 4.17. The Morgan fingerprint density at radius 2 is 2.42 bits per heavy atom. The van der Waals surface area contributed by atoms with E-state index in [1.807, 2.05) is 6.92 Å². The van der Waals surface area contributed by atoms with Gasteiger partial charge in [0.05, 0.1) is 6.61 Å². The molecule has 1 rings (SSSR count). The second-order valence-electron chi connectivity index (χ2n) is 1.98. The van der Waals surface area contributed by atoms with Gasteiger partial charge in [-0.05, 0) is 22.9 Å². The molecule has 0 saturated carbocycles. The molecule has 0 bridgehead atoms. The van der Waals surface area contributed by atoms with Crippen molar-refractivity contribution in [1.29, 1.82) is 0 Å². The summed E-state index contributed by atoms with van der Waals surface area (Å²) >= 11 is 3.22. The molecule has 0 radical (unpaired) electrons. The zero-order chi connectivity index (χ0) is 8.97. The quantitative estimate of drug-likeness (QED) is 0.642. The molecule has 0 atom stereocenters. The van der Waals surface area contributed by atoms with Crippen LogP contribution in [0.15, 0.2) is 16.7 Å². The van der Waals surface area contributed by atoms with E-state index in [1.165, 1.54) is 6.20 Å². The van der Waals surface area contributed by atoms with Crippen LogP contribution in [0.5, 0.6) is 11.6 Å². The average molecular weight is 234 g/mol.